The van der Waals surface area contributed by atoms with Gasteiger partial charge in [-0.15, -0.1) is 0 Å². The number of aryl methyl sites for hydroxylation is 1. The largest absolute Gasteiger partial charge is 0.324 e. The molecule has 0 aliphatic rings. The number of fused-ring (bicyclic) bond motifs is 3. The van der Waals surface area contributed by atoms with Gasteiger partial charge in [0.15, 0.2) is 0 Å². The SMILES string of the molecule is Cc1ccc(-n2c(=O)ccc3cnc4ccc(-n5cccn5)cc4c32)cc1NC(=O)CN=N. The van der Waals surface area contributed by atoms with Crippen LogP contribution in [0.25, 0.3) is 33.2 Å². The number of aromatic nitrogens is 4. The summed E-state index contributed by atoms with van der Waals surface area (Å²) in [6, 6.07) is 16.3. The van der Waals surface area contributed by atoms with Gasteiger partial charge in [0.05, 0.1) is 22.4 Å². The molecule has 0 unspecified atom stereocenters. The number of nitrogens with one attached hydrogen (secondary N) is 2. The topological polar surface area (TPSA) is 118 Å². The Kier molecular flexibility index (Phi) is 4.98. The number of hydrogen-bond acceptors (Lipinski definition) is 6. The van der Waals surface area contributed by atoms with Crippen LogP contribution < -0.4 is 10.9 Å². The maximum absolute atomic E-state index is 13.1. The Bertz CT molecular complexity index is 1590. The molecule has 9 nitrogen and oxygen atoms in total. The monoisotopic (exact) mass is 437 g/mol. The van der Waals surface area contributed by atoms with Gasteiger partial charge in [-0.2, -0.15) is 10.2 Å². The molecular weight excluding hydrogens is 418 g/mol. The van der Waals surface area contributed by atoms with E-state index in [4.69, 9.17) is 5.53 Å². The van der Waals surface area contributed by atoms with E-state index in [1.165, 1.54) is 6.07 Å². The quantitative estimate of drug-likeness (QED) is 0.319. The highest BCUT2D eigenvalue weighted by Gasteiger charge is 2.13. The standard InChI is InChI=1S/C24H19N7O2/c1-15-3-5-18(12-21(15)29-22(32)14-27-25)31-23(33)8-4-16-13-26-20-7-6-17(11-19(20)24(16)31)30-10-2-9-28-30/h2-13,25H,14H2,1H3,(H,29,32). The zero-order valence-corrected chi connectivity index (χ0v) is 17.7. The van der Waals surface area contributed by atoms with Crippen molar-refractivity contribution in [2.75, 3.05) is 11.9 Å². The first-order valence-electron chi connectivity index (χ1n) is 10.2. The molecule has 0 saturated carbocycles. The highest BCUT2D eigenvalue weighted by atomic mass is 16.2. The summed E-state index contributed by atoms with van der Waals surface area (Å²) in [6.07, 6.45) is 5.30. The fraction of sp³-hybridized carbons (Fsp3) is 0.0833. The predicted octanol–water partition coefficient (Wildman–Crippen LogP) is 4.00. The van der Waals surface area contributed by atoms with Crippen LogP contribution in [0.4, 0.5) is 5.69 Å². The van der Waals surface area contributed by atoms with Crippen LogP contribution in [-0.4, -0.2) is 31.8 Å². The first-order valence-corrected chi connectivity index (χ1v) is 10.2. The molecule has 5 rings (SSSR count). The fourth-order valence-corrected chi connectivity index (χ4v) is 3.86. The number of anilines is 1. The third kappa shape index (κ3) is 3.65. The molecule has 1 amide bonds. The Morgan fingerprint density at radius 1 is 1.12 bits per heavy atom. The van der Waals surface area contributed by atoms with E-state index in [1.54, 1.807) is 33.8 Å². The number of carbonyl (C=O) groups excluding carboxylic acids is 1. The molecule has 2 aromatic carbocycles. The van der Waals surface area contributed by atoms with Crippen molar-refractivity contribution in [2.24, 2.45) is 5.11 Å². The number of rotatable bonds is 5. The van der Waals surface area contributed by atoms with Crippen molar-refractivity contribution in [3.8, 4) is 11.4 Å². The van der Waals surface area contributed by atoms with E-state index in [0.717, 1.165) is 27.5 Å². The summed E-state index contributed by atoms with van der Waals surface area (Å²) in [5.41, 5.74) is 11.0. The summed E-state index contributed by atoms with van der Waals surface area (Å²) in [6.45, 7) is 1.60. The Balaban J connectivity index is 1.77. The average molecular weight is 437 g/mol. The lowest BCUT2D eigenvalue weighted by Gasteiger charge is -2.15. The summed E-state index contributed by atoms with van der Waals surface area (Å²) in [7, 11) is 0. The van der Waals surface area contributed by atoms with Crippen LogP contribution in [0.2, 0.25) is 0 Å². The molecule has 0 radical (unpaired) electrons. The van der Waals surface area contributed by atoms with Gasteiger partial charge in [0.2, 0.25) is 5.91 Å². The van der Waals surface area contributed by atoms with Crippen molar-refractivity contribution in [3.05, 3.63) is 89.1 Å². The molecule has 5 aromatic rings. The van der Waals surface area contributed by atoms with Crippen molar-refractivity contribution in [2.45, 2.75) is 6.92 Å². The lowest BCUT2D eigenvalue weighted by molar-refractivity contribution is -0.115. The molecule has 0 atom stereocenters. The van der Waals surface area contributed by atoms with E-state index < -0.39 is 5.91 Å². The van der Waals surface area contributed by atoms with Crippen LogP contribution in [0.3, 0.4) is 0 Å². The summed E-state index contributed by atoms with van der Waals surface area (Å²) in [5.74, 6) is -0.394. The molecule has 0 spiro atoms. The van der Waals surface area contributed by atoms with Crippen molar-refractivity contribution in [1.29, 1.82) is 5.53 Å². The van der Waals surface area contributed by atoms with Gasteiger partial charge in [0.1, 0.15) is 6.54 Å². The van der Waals surface area contributed by atoms with Gasteiger partial charge in [-0.3, -0.25) is 19.1 Å². The second-order valence-corrected chi connectivity index (χ2v) is 7.58. The number of hydrogen-bond donors (Lipinski definition) is 2. The molecule has 9 heteroatoms. The second kappa shape index (κ2) is 8.12. The molecule has 0 fully saturated rings. The summed E-state index contributed by atoms with van der Waals surface area (Å²) < 4.78 is 3.37. The zero-order valence-electron chi connectivity index (χ0n) is 17.7. The number of nitrogens with zero attached hydrogens (tertiary/aromatic N) is 5. The van der Waals surface area contributed by atoms with E-state index >= 15 is 0 Å². The van der Waals surface area contributed by atoms with Gasteiger partial charge < -0.3 is 5.32 Å². The summed E-state index contributed by atoms with van der Waals surface area (Å²) >= 11 is 0. The summed E-state index contributed by atoms with van der Waals surface area (Å²) in [5, 5.41) is 11.8. The van der Waals surface area contributed by atoms with Gasteiger partial charge >= 0.3 is 0 Å². The van der Waals surface area contributed by atoms with E-state index in [2.05, 4.69) is 20.5 Å². The lowest BCUT2D eigenvalue weighted by Crippen LogP contribution is -2.19. The van der Waals surface area contributed by atoms with Crippen LogP contribution in [0, 0.1) is 12.5 Å². The Labute approximate surface area is 187 Å². The van der Waals surface area contributed by atoms with Crippen molar-refractivity contribution in [1.82, 2.24) is 19.3 Å². The van der Waals surface area contributed by atoms with E-state index in [-0.39, 0.29) is 12.1 Å². The molecule has 33 heavy (non-hydrogen) atoms. The average Bonchev–Trinajstić information content (AvgIpc) is 3.35. The zero-order chi connectivity index (χ0) is 22.9. The minimum Gasteiger partial charge on any atom is -0.324 e. The molecule has 0 aliphatic heterocycles. The van der Waals surface area contributed by atoms with Crippen LogP contribution in [0.5, 0.6) is 0 Å². The highest BCUT2D eigenvalue weighted by molar-refractivity contribution is 6.04. The number of amides is 1. The molecule has 0 bridgehead atoms. The fourth-order valence-electron chi connectivity index (χ4n) is 3.86. The molecule has 162 valence electrons. The Morgan fingerprint density at radius 3 is 2.76 bits per heavy atom. The van der Waals surface area contributed by atoms with Gasteiger partial charge in [0.25, 0.3) is 5.56 Å². The van der Waals surface area contributed by atoms with E-state index in [9.17, 15) is 9.59 Å². The number of benzene rings is 2. The van der Waals surface area contributed by atoms with Gasteiger partial charge in [-0.1, -0.05) is 6.07 Å². The first-order chi connectivity index (χ1) is 16.0. The maximum Gasteiger partial charge on any atom is 0.255 e. The smallest absolute Gasteiger partial charge is 0.255 e. The van der Waals surface area contributed by atoms with Crippen LogP contribution in [-0.2, 0) is 4.79 Å². The maximum atomic E-state index is 13.1. The highest BCUT2D eigenvalue weighted by Crippen LogP contribution is 2.28. The minimum absolute atomic E-state index is 0.207. The molecule has 3 heterocycles. The van der Waals surface area contributed by atoms with E-state index in [1.807, 2.05) is 49.5 Å². The van der Waals surface area contributed by atoms with Crippen molar-refractivity contribution >= 4 is 33.4 Å². The summed E-state index contributed by atoms with van der Waals surface area (Å²) in [4.78, 5) is 29.7. The van der Waals surface area contributed by atoms with Gasteiger partial charge in [-0.05, 0) is 55.0 Å². The third-order valence-electron chi connectivity index (χ3n) is 5.45. The number of pyridine rings is 2. The van der Waals surface area contributed by atoms with Crippen molar-refractivity contribution in [3.63, 3.8) is 0 Å². The van der Waals surface area contributed by atoms with Crippen molar-refractivity contribution < 1.29 is 4.79 Å². The third-order valence-corrected chi connectivity index (χ3v) is 5.45. The van der Waals surface area contributed by atoms with Crippen LogP contribution in [0.1, 0.15) is 5.56 Å². The predicted molar refractivity (Wildman–Crippen MR) is 125 cm³/mol. The molecular formula is C24H19N7O2. The normalized spacial score (nSPS) is 11.1. The van der Waals surface area contributed by atoms with Gasteiger partial charge in [-0.25, -0.2) is 10.2 Å². The molecule has 0 aliphatic carbocycles. The molecule has 2 N–H and O–H groups in total. The first kappa shape index (κ1) is 20.3. The van der Waals surface area contributed by atoms with Crippen LogP contribution in [0.15, 0.2) is 83.1 Å². The Morgan fingerprint density at radius 2 is 1.97 bits per heavy atom. The van der Waals surface area contributed by atoms with E-state index in [0.29, 0.717) is 16.9 Å². The Hall–Kier alpha value is -4.66. The molecule has 0 saturated heterocycles. The van der Waals surface area contributed by atoms with Gasteiger partial charge in [0, 0.05) is 41.1 Å². The number of carbonyl (C=O) groups is 1. The lowest BCUT2D eigenvalue weighted by atomic mass is 10.1. The molecule has 3 aromatic heterocycles. The van der Waals surface area contributed by atoms with Crippen LogP contribution >= 0.6 is 0 Å². The minimum atomic E-state index is -0.394. The second-order valence-electron chi connectivity index (χ2n) is 7.58.